The van der Waals surface area contributed by atoms with Gasteiger partial charge in [0.25, 0.3) is 0 Å². The van der Waals surface area contributed by atoms with Crippen LogP contribution in [0.5, 0.6) is 0 Å². The summed E-state index contributed by atoms with van der Waals surface area (Å²) in [6.45, 7) is 4.75. The van der Waals surface area contributed by atoms with E-state index in [9.17, 15) is 0 Å². The molecule has 1 aromatic rings. The molecule has 0 saturated carbocycles. The van der Waals surface area contributed by atoms with E-state index in [1.165, 1.54) is 0 Å². The first-order chi connectivity index (χ1) is 5.43. The number of rotatable bonds is 3. The van der Waals surface area contributed by atoms with Crippen molar-refractivity contribution in [2.45, 2.75) is 20.3 Å². The molecule has 0 spiro atoms. The molecule has 3 heteroatoms. The van der Waals surface area contributed by atoms with Gasteiger partial charge in [-0.25, -0.2) is 0 Å². The normalized spacial score (nSPS) is 8.64. The maximum Gasteiger partial charge on any atom is 0.0517 e. The molecular formula is C8H16N2O. The van der Waals surface area contributed by atoms with Gasteiger partial charge < -0.3 is 4.74 Å². The minimum Gasteiger partial charge on any atom is -0.384 e. The summed E-state index contributed by atoms with van der Waals surface area (Å²) in [5.41, 5.74) is 1.12. The van der Waals surface area contributed by atoms with Crippen LogP contribution < -0.4 is 0 Å². The summed E-state index contributed by atoms with van der Waals surface area (Å²) in [7, 11) is 1.69. The molecule has 0 amide bonds. The first-order valence-corrected chi connectivity index (χ1v) is 3.90. The summed E-state index contributed by atoms with van der Waals surface area (Å²) in [5.74, 6) is 0. The van der Waals surface area contributed by atoms with Gasteiger partial charge in [-0.15, -0.1) is 0 Å². The number of aromatic nitrogens is 2. The lowest BCUT2D eigenvalue weighted by Crippen LogP contribution is -1.93. The number of aromatic amines is 1. The zero-order chi connectivity index (χ0) is 8.53. The average Bonchev–Trinajstić information content (AvgIpc) is 2.57. The van der Waals surface area contributed by atoms with Gasteiger partial charge in [-0.1, -0.05) is 13.8 Å². The highest BCUT2D eigenvalue weighted by Gasteiger charge is 1.89. The molecule has 0 bridgehead atoms. The van der Waals surface area contributed by atoms with Crippen LogP contribution in [-0.4, -0.2) is 23.9 Å². The second-order valence-corrected chi connectivity index (χ2v) is 1.82. The Morgan fingerprint density at radius 3 is 2.73 bits per heavy atom. The summed E-state index contributed by atoms with van der Waals surface area (Å²) >= 11 is 0. The van der Waals surface area contributed by atoms with Crippen molar-refractivity contribution < 1.29 is 4.74 Å². The molecule has 64 valence electrons. The van der Waals surface area contributed by atoms with Crippen LogP contribution in [0.1, 0.15) is 19.5 Å². The second kappa shape index (κ2) is 7.28. The molecule has 3 nitrogen and oxygen atoms in total. The van der Waals surface area contributed by atoms with Crippen molar-refractivity contribution in [3.05, 3.63) is 18.0 Å². The minimum atomic E-state index is 0.752. The Balaban J connectivity index is 0.000000461. The Labute approximate surface area is 67.8 Å². The standard InChI is InChI=1S/C6H10N2O.C2H6/c1-9-5-3-6-2-4-7-8-6;1-2/h2,4H,3,5H2,1H3,(H,7,8);1-2H3. The van der Waals surface area contributed by atoms with Crippen LogP contribution in [0.4, 0.5) is 0 Å². The van der Waals surface area contributed by atoms with Gasteiger partial charge in [0.2, 0.25) is 0 Å². The van der Waals surface area contributed by atoms with Gasteiger partial charge in [0.1, 0.15) is 0 Å². The van der Waals surface area contributed by atoms with Gasteiger partial charge in [0, 0.05) is 25.4 Å². The van der Waals surface area contributed by atoms with Crippen molar-refractivity contribution in [3.63, 3.8) is 0 Å². The van der Waals surface area contributed by atoms with E-state index in [0.717, 1.165) is 18.7 Å². The van der Waals surface area contributed by atoms with Gasteiger partial charge >= 0.3 is 0 Å². The second-order valence-electron chi connectivity index (χ2n) is 1.82. The van der Waals surface area contributed by atoms with Gasteiger partial charge in [-0.3, -0.25) is 5.10 Å². The number of ether oxygens (including phenoxy) is 1. The maximum atomic E-state index is 4.87. The van der Waals surface area contributed by atoms with Crippen LogP contribution in [-0.2, 0) is 11.2 Å². The fraction of sp³-hybridized carbons (Fsp3) is 0.625. The van der Waals surface area contributed by atoms with E-state index in [2.05, 4.69) is 10.2 Å². The molecule has 0 saturated heterocycles. The highest BCUT2D eigenvalue weighted by Crippen LogP contribution is 1.91. The lowest BCUT2D eigenvalue weighted by atomic mass is 10.3. The Kier molecular flexibility index (Phi) is 6.73. The Morgan fingerprint density at radius 2 is 2.27 bits per heavy atom. The van der Waals surface area contributed by atoms with Crippen molar-refractivity contribution in [1.82, 2.24) is 10.2 Å². The summed E-state index contributed by atoms with van der Waals surface area (Å²) in [6, 6.07) is 1.94. The number of nitrogens with zero attached hydrogens (tertiary/aromatic N) is 1. The first kappa shape index (κ1) is 10.2. The number of nitrogens with one attached hydrogen (secondary N) is 1. The molecule has 0 aromatic carbocycles. The number of hydrogen-bond acceptors (Lipinski definition) is 2. The van der Waals surface area contributed by atoms with Crippen LogP contribution in [0, 0.1) is 0 Å². The largest absolute Gasteiger partial charge is 0.384 e. The van der Waals surface area contributed by atoms with E-state index in [-0.39, 0.29) is 0 Å². The van der Waals surface area contributed by atoms with E-state index < -0.39 is 0 Å². The van der Waals surface area contributed by atoms with Crippen LogP contribution >= 0.6 is 0 Å². The monoisotopic (exact) mass is 156 g/mol. The summed E-state index contributed by atoms with van der Waals surface area (Å²) < 4.78 is 4.87. The van der Waals surface area contributed by atoms with Crippen LogP contribution in [0.25, 0.3) is 0 Å². The molecular weight excluding hydrogens is 140 g/mol. The van der Waals surface area contributed by atoms with Crippen LogP contribution in [0.15, 0.2) is 12.3 Å². The van der Waals surface area contributed by atoms with E-state index in [4.69, 9.17) is 4.74 Å². The fourth-order valence-corrected chi connectivity index (χ4v) is 0.636. The molecule has 0 fully saturated rings. The Hall–Kier alpha value is -0.830. The third kappa shape index (κ3) is 4.56. The molecule has 11 heavy (non-hydrogen) atoms. The number of hydrogen-bond donors (Lipinski definition) is 1. The average molecular weight is 156 g/mol. The van der Waals surface area contributed by atoms with Crippen molar-refractivity contribution in [2.24, 2.45) is 0 Å². The maximum absolute atomic E-state index is 4.87. The quantitative estimate of drug-likeness (QED) is 0.722. The SMILES string of the molecule is CC.COCCc1ccn[nH]1. The zero-order valence-electron chi connectivity index (χ0n) is 7.42. The van der Waals surface area contributed by atoms with E-state index in [1.54, 1.807) is 13.3 Å². The van der Waals surface area contributed by atoms with Gasteiger partial charge in [-0.2, -0.15) is 5.10 Å². The van der Waals surface area contributed by atoms with Gasteiger partial charge in [-0.05, 0) is 6.07 Å². The van der Waals surface area contributed by atoms with E-state index in [0.29, 0.717) is 0 Å². The van der Waals surface area contributed by atoms with Crippen molar-refractivity contribution in [2.75, 3.05) is 13.7 Å². The smallest absolute Gasteiger partial charge is 0.0517 e. The molecule has 1 N–H and O–H groups in total. The molecule has 0 atom stereocenters. The summed E-state index contributed by atoms with van der Waals surface area (Å²) in [4.78, 5) is 0. The molecule has 1 aromatic heterocycles. The third-order valence-electron chi connectivity index (χ3n) is 1.13. The predicted octanol–water partition coefficient (Wildman–Crippen LogP) is 1.62. The van der Waals surface area contributed by atoms with E-state index >= 15 is 0 Å². The Bertz CT molecular complexity index is 149. The molecule has 1 heterocycles. The van der Waals surface area contributed by atoms with Crippen molar-refractivity contribution in [3.8, 4) is 0 Å². The molecule has 1 rings (SSSR count). The van der Waals surface area contributed by atoms with Crippen molar-refractivity contribution >= 4 is 0 Å². The highest BCUT2D eigenvalue weighted by atomic mass is 16.5. The highest BCUT2D eigenvalue weighted by molar-refractivity contribution is 4.96. The first-order valence-electron chi connectivity index (χ1n) is 3.90. The molecule has 0 unspecified atom stereocenters. The molecule has 0 aliphatic carbocycles. The van der Waals surface area contributed by atoms with E-state index in [1.807, 2.05) is 19.9 Å². The van der Waals surface area contributed by atoms with Gasteiger partial charge in [0.05, 0.1) is 6.61 Å². The minimum absolute atomic E-state index is 0.752. The Morgan fingerprint density at radius 1 is 1.55 bits per heavy atom. The van der Waals surface area contributed by atoms with Crippen LogP contribution in [0.3, 0.4) is 0 Å². The molecule has 0 aliphatic rings. The number of methoxy groups -OCH3 is 1. The molecule has 0 aliphatic heterocycles. The predicted molar refractivity (Wildman–Crippen MR) is 45.5 cm³/mol. The summed E-state index contributed by atoms with van der Waals surface area (Å²) in [5, 5.41) is 6.64. The molecule has 0 radical (unpaired) electrons. The fourth-order valence-electron chi connectivity index (χ4n) is 0.636. The van der Waals surface area contributed by atoms with Crippen LogP contribution in [0.2, 0.25) is 0 Å². The third-order valence-corrected chi connectivity index (χ3v) is 1.13. The zero-order valence-corrected chi connectivity index (χ0v) is 7.42. The lowest BCUT2D eigenvalue weighted by molar-refractivity contribution is 0.201. The topological polar surface area (TPSA) is 37.9 Å². The lowest BCUT2D eigenvalue weighted by Gasteiger charge is -1.92. The number of H-pyrrole nitrogens is 1. The van der Waals surface area contributed by atoms with Gasteiger partial charge in [0.15, 0.2) is 0 Å². The van der Waals surface area contributed by atoms with Crippen molar-refractivity contribution in [1.29, 1.82) is 0 Å². The summed E-state index contributed by atoms with van der Waals surface area (Å²) in [6.07, 6.45) is 2.65.